The summed E-state index contributed by atoms with van der Waals surface area (Å²) in [7, 11) is 1.30. The molecule has 2 aromatic rings. The molecule has 118 valence electrons. The van der Waals surface area contributed by atoms with E-state index in [0.29, 0.717) is 0 Å². The summed E-state index contributed by atoms with van der Waals surface area (Å²) in [6.45, 7) is 4.06. The van der Waals surface area contributed by atoms with Crippen molar-refractivity contribution in [2.45, 2.75) is 26.8 Å². The van der Waals surface area contributed by atoms with Gasteiger partial charge in [0.1, 0.15) is 11.3 Å². The zero-order valence-electron chi connectivity index (χ0n) is 12.5. The lowest BCUT2D eigenvalue weighted by molar-refractivity contribution is 0.0942. The fourth-order valence-electron chi connectivity index (χ4n) is 2.09. The highest BCUT2D eigenvalue weighted by atomic mass is 32.1. The number of nitrogens with zero attached hydrogens (tertiary/aromatic N) is 1. The summed E-state index contributed by atoms with van der Waals surface area (Å²) in [5.74, 6) is -3.03. The van der Waals surface area contributed by atoms with Crippen LogP contribution >= 0.6 is 11.3 Å². The Morgan fingerprint density at radius 1 is 1.41 bits per heavy atom. The molecule has 0 atom stereocenters. The van der Waals surface area contributed by atoms with Gasteiger partial charge < -0.3 is 10.1 Å². The van der Waals surface area contributed by atoms with Crippen LogP contribution in [0.1, 0.15) is 32.9 Å². The van der Waals surface area contributed by atoms with Gasteiger partial charge in [-0.2, -0.15) is 0 Å². The molecule has 0 fully saturated rings. The van der Waals surface area contributed by atoms with Crippen molar-refractivity contribution < 1.29 is 18.3 Å². The summed E-state index contributed by atoms with van der Waals surface area (Å²) in [4.78, 5) is 17.4. The normalized spacial score (nSPS) is 10.6. The zero-order valence-corrected chi connectivity index (χ0v) is 13.3. The van der Waals surface area contributed by atoms with Gasteiger partial charge in [0, 0.05) is 4.88 Å². The van der Waals surface area contributed by atoms with E-state index >= 15 is 0 Å². The summed E-state index contributed by atoms with van der Waals surface area (Å²) in [5, 5.41) is 3.49. The SMILES string of the molecule is CCc1nc(C)sc1CNC(=O)c1c(OC)ccc(F)c1F. The highest BCUT2D eigenvalue weighted by molar-refractivity contribution is 7.11. The zero-order chi connectivity index (χ0) is 16.3. The number of benzene rings is 1. The summed E-state index contributed by atoms with van der Waals surface area (Å²) >= 11 is 1.47. The van der Waals surface area contributed by atoms with E-state index in [1.807, 2.05) is 13.8 Å². The molecule has 1 aromatic carbocycles. The predicted octanol–water partition coefficient (Wildman–Crippen LogP) is 3.23. The maximum Gasteiger partial charge on any atom is 0.258 e. The Kier molecular flexibility index (Phi) is 5.07. The second-order valence-electron chi connectivity index (χ2n) is 4.58. The van der Waals surface area contributed by atoms with E-state index in [9.17, 15) is 13.6 Å². The molecule has 0 aliphatic rings. The van der Waals surface area contributed by atoms with E-state index in [1.165, 1.54) is 24.5 Å². The minimum atomic E-state index is -1.21. The van der Waals surface area contributed by atoms with Crippen LogP contribution in [0.3, 0.4) is 0 Å². The maximum atomic E-state index is 13.8. The first-order chi connectivity index (χ1) is 10.5. The van der Waals surface area contributed by atoms with Crippen molar-refractivity contribution in [3.8, 4) is 5.75 Å². The third kappa shape index (κ3) is 3.24. The average molecular weight is 326 g/mol. The lowest BCUT2D eigenvalue weighted by Gasteiger charge is -2.10. The molecule has 4 nitrogen and oxygen atoms in total. The average Bonchev–Trinajstić information content (AvgIpc) is 2.87. The molecule has 0 aliphatic heterocycles. The van der Waals surface area contributed by atoms with Crippen LogP contribution in [0.2, 0.25) is 0 Å². The number of thiazole rings is 1. The number of carbonyl (C=O) groups is 1. The molecule has 22 heavy (non-hydrogen) atoms. The number of methoxy groups -OCH3 is 1. The van der Waals surface area contributed by atoms with Gasteiger partial charge in [-0.05, 0) is 25.5 Å². The first kappa shape index (κ1) is 16.4. The van der Waals surface area contributed by atoms with Crippen LogP contribution < -0.4 is 10.1 Å². The van der Waals surface area contributed by atoms with E-state index in [1.54, 1.807) is 0 Å². The van der Waals surface area contributed by atoms with Crippen LogP contribution in [-0.4, -0.2) is 18.0 Å². The smallest absolute Gasteiger partial charge is 0.258 e. The van der Waals surface area contributed by atoms with Crippen molar-refractivity contribution in [3.05, 3.63) is 44.9 Å². The first-order valence-electron chi connectivity index (χ1n) is 6.73. The fourth-order valence-corrected chi connectivity index (χ4v) is 3.05. The van der Waals surface area contributed by atoms with E-state index in [-0.39, 0.29) is 12.3 Å². The van der Waals surface area contributed by atoms with E-state index < -0.39 is 23.1 Å². The quantitative estimate of drug-likeness (QED) is 0.918. The van der Waals surface area contributed by atoms with Gasteiger partial charge in [0.25, 0.3) is 5.91 Å². The van der Waals surface area contributed by atoms with Crippen LogP contribution in [0, 0.1) is 18.6 Å². The van der Waals surface area contributed by atoms with Gasteiger partial charge in [0.05, 0.1) is 24.4 Å². The summed E-state index contributed by atoms with van der Waals surface area (Å²) in [6, 6.07) is 2.15. The number of nitrogens with one attached hydrogen (secondary N) is 1. The molecule has 0 aliphatic carbocycles. The van der Waals surface area contributed by atoms with Crippen LogP contribution in [-0.2, 0) is 13.0 Å². The first-order valence-corrected chi connectivity index (χ1v) is 7.54. The number of amides is 1. The number of aromatic nitrogens is 1. The molecule has 0 radical (unpaired) electrons. The Morgan fingerprint density at radius 2 is 2.14 bits per heavy atom. The number of ether oxygens (including phenoxy) is 1. The Bertz CT molecular complexity index is 701. The molecule has 1 heterocycles. The molecule has 0 unspecified atom stereocenters. The number of hydrogen-bond acceptors (Lipinski definition) is 4. The van der Waals surface area contributed by atoms with Crippen molar-refractivity contribution >= 4 is 17.2 Å². The van der Waals surface area contributed by atoms with Gasteiger partial charge in [-0.15, -0.1) is 11.3 Å². The van der Waals surface area contributed by atoms with Crippen LogP contribution in [0.15, 0.2) is 12.1 Å². The number of carbonyl (C=O) groups excluding carboxylic acids is 1. The Hall–Kier alpha value is -2.02. The molecular weight excluding hydrogens is 310 g/mol. The van der Waals surface area contributed by atoms with Gasteiger partial charge in [0.2, 0.25) is 0 Å². The van der Waals surface area contributed by atoms with Crippen molar-refractivity contribution in [1.82, 2.24) is 10.3 Å². The minimum absolute atomic E-state index is 0.00685. The molecule has 0 bridgehead atoms. The third-order valence-electron chi connectivity index (χ3n) is 3.13. The number of rotatable bonds is 5. The second-order valence-corrected chi connectivity index (χ2v) is 5.87. The van der Waals surface area contributed by atoms with E-state index in [0.717, 1.165) is 28.1 Å². The van der Waals surface area contributed by atoms with Crippen LogP contribution in [0.5, 0.6) is 5.75 Å². The predicted molar refractivity (Wildman–Crippen MR) is 80.3 cm³/mol. The third-order valence-corrected chi connectivity index (χ3v) is 4.15. The minimum Gasteiger partial charge on any atom is -0.496 e. The molecule has 1 amide bonds. The molecule has 7 heteroatoms. The monoisotopic (exact) mass is 326 g/mol. The number of aryl methyl sites for hydroxylation is 2. The van der Waals surface area contributed by atoms with Gasteiger partial charge in [0.15, 0.2) is 11.6 Å². The topological polar surface area (TPSA) is 51.2 Å². The molecule has 0 spiro atoms. The van der Waals surface area contributed by atoms with Gasteiger partial charge in [-0.25, -0.2) is 13.8 Å². The highest BCUT2D eigenvalue weighted by Crippen LogP contribution is 2.24. The van der Waals surface area contributed by atoms with E-state index in [2.05, 4.69) is 10.3 Å². The second kappa shape index (κ2) is 6.83. The van der Waals surface area contributed by atoms with Crippen LogP contribution in [0.25, 0.3) is 0 Å². The fraction of sp³-hybridized carbons (Fsp3) is 0.333. The summed E-state index contributed by atoms with van der Waals surface area (Å²) < 4.78 is 32.1. The number of hydrogen-bond donors (Lipinski definition) is 1. The highest BCUT2D eigenvalue weighted by Gasteiger charge is 2.21. The number of halogens is 2. The van der Waals surface area contributed by atoms with Gasteiger partial charge in [-0.1, -0.05) is 6.92 Å². The molecule has 0 saturated carbocycles. The lowest BCUT2D eigenvalue weighted by Crippen LogP contribution is -2.25. The molecule has 1 N–H and O–H groups in total. The Balaban J connectivity index is 2.21. The molecular formula is C15H16F2N2O2S. The van der Waals surface area contributed by atoms with Crippen molar-refractivity contribution in [3.63, 3.8) is 0 Å². The summed E-state index contributed by atoms with van der Waals surface area (Å²) in [6.07, 6.45) is 0.743. The van der Waals surface area contributed by atoms with Crippen molar-refractivity contribution in [2.24, 2.45) is 0 Å². The Labute approximate surface area is 131 Å². The van der Waals surface area contributed by atoms with Crippen molar-refractivity contribution in [1.29, 1.82) is 0 Å². The van der Waals surface area contributed by atoms with Gasteiger partial charge in [-0.3, -0.25) is 4.79 Å². The van der Waals surface area contributed by atoms with Crippen molar-refractivity contribution in [2.75, 3.05) is 7.11 Å². The summed E-state index contributed by atoms with van der Waals surface area (Å²) in [5.41, 5.74) is 0.469. The van der Waals surface area contributed by atoms with E-state index in [4.69, 9.17) is 4.74 Å². The van der Waals surface area contributed by atoms with Crippen LogP contribution in [0.4, 0.5) is 8.78 Å². The lowest BCUT2D eigenvalue weighted by atomic mass is 10.1. The maximum absolute atomic E-state index is 13.8. The molecule has 0 saturated heterocycles. The standard InChI is InChI=1S/C15H16F2N2O2S/c1-4-10-12(22-8(2)19-10)7-18-15(20)13-11(21-3)6-5-9(16)14(13)17/h5-6H,4,7H2,1-3H3,(H,18,20). The molecule has 2 rings (SSSR count). The van der Waals surface area contributed by atoms with Gasteiger partial charge >= 0.3 is 0 Å². The molecule has 1 aromatic heterocycles. The Morgan fingerprint density at radius 3 is 2.77 bits per heavy atom. The largest absolute Gasteiger partial charge is 0.496 e.